The summed E-state index contributed by atoms with van der Waals surface area (Å²) in [4.78, 5) is 12.3. The Bertz CT molecular complexity index is 606. The summed E-state index contributed by atoms with van der Waals surface area (Å²) in [5, 5.41) is 7.92. The minimum absolute atomic E-state index is 0.00822. The lowest BCUT2D eigenvalue weighted by Crippen LogP contribution is -2.48. The highest BCUT2D eigenvalue weighted by atomic mass is 32.2. The third kappa shape index (κ3) is 3.61. The van der Waals surface area contributed by atoms with Crippen LogP contribution in [0.1, 0.15) is 24.8 Å². The number of hydrogen-bond acceptors (Lipinski definition) is 4. The third-order valence-electron chi connectivity index (χ3n) is 3.92. The van der Waals surface area contributed by atoms with Crippen molar-refractivity contribution in [3.8, 4) is 0 Å². The predicted octanol–water partition coefficient (Wildman–Crippen LogP) is 0.767. The quantitative estimate of drug-likeness (QED) is 0.810. The topological polar surface area (TPSA) is 98.5 Å². The summed E-state index contributed by atoms with van der Waals surface area (Å²) >= 11 is 0. The van der Waals surface area contributed by atoms with E-state index in [1.165, 1.54) is 12.1 Å². The van der Waals surface area contributed by atoms with Gasteiger partial charge in [-0.1, -0.05) is 18.6 Å². The van der Waals surface area contributed by atoms with E-state index in [0.717, 1.165) is 24.8 Å². The predicted molar refractivity (Wildman–Crippen MR) is 77.8 cm³/mol. The van der Waals surface area contributed by atoms with Crippen molar-refractivity contribution in [1.82, 2.24) is 5.32 Å². The molecule has 0 aliphatic heterocycles. The normalized spacial score (nSPS) is 17.0. The molecule has 1 aliphatic rings. The van der Waals surface area contributed by atoms with Gasteiger partial charge in [-0.15, -0.1) is 0 Å². The molecular formula is C14H20N2O4S. The highest BCUT2D eigenvalue weighted by molar-refractivity contribution is 7.89. The fourth-order valence-electron chi connectivity index (χ4n) is 2.48. The van der Waals surface area contributed by atoms with Gasteiger partial charge in [0.25, 0.3) is 0 Å². The molecule has 1 aromatic rings. The maximum absolute atomic E-state index is 12.2. The van der Waals surface area contributed by atoms with Crippen LogP contribution in [-0.2, 0) is 26.1 Å². The van der Waals surface area contributed by atoms with Crippen LogP contribution in [0.3, 0.4) is 0 Å². The van der Waals surface area contributed by atoms with Gasteiger partial charge < -0.3 is 10.1 Å². The second kappa shape index (κ2) is 6.13. The molecule has 3 N–H and O–H groups in total. The van der Waals surface area contributed by atoms with Crippen molar-refractivity contribution in [2.45, 2.75) is 30.7 Å². The lowest BCUT2D eigenvalue weighted by Gasteiger charge is -2.39. The number of carbonyl (C=O) groups is 1. The number of rotatable bonds is 6. The van der Waals surface area contributed by atoms with Gasteiger partial charge in [0.2, 0.25) is 15.9 Å². The number of primary sulfonamides is 1. The third-order valence-corrected chi connectivity index (χ3v) is 4.85. The van der Waals surface area contributed by atoms with E-state index in [1.54, 1.807) is 19.2 Å². The van der Waals surface area contributed by atoms with Crippen molar-refractivity contribution in [2.75, 3.05) is 13.7 Å². The highest BCUT2D eigenvalue weighted by Crippen LogP contribution is 2.41. The molecular weight excluding hydrogens is 292 g/mol. The number of nitrogens with two attached hydrogens (primary N) is 1. The van der Waals surface area contributed by atoms with Crippen LogP contribution >= 0.6 is 0 Å². The zero-order valence-corrected chi connectivity index (χ0v) is 12.8. The molecule has 2 rings (SSSR count). The van der Waals surface area contributed by atoms with E-state index in [2.05, 4.69) is 5.32 Å². The average molecular weight is 312 g/mol. The molecule has 0 aromatic heterocycles. The molecule has 0 radical (unpaired) electrons. The SMILES string of the molecule is COCC1(C(=O)NCc2ccc(S(N)(=O)=O)cc2)CCC1. The first-order chi connectivity index (χ1) is 9.87. The minimum Gasteiger partial charge on any atom is -0.384 e. The number of benzene rings is 1. The molecule has 0 atom stereocenters. The minimum atomic E-state index is -3.68. The molecule has 0 heterocycles. The molecule has 1 saturated carbocycles. The number of sulfonamides is 1. The van der Waals surface area contributed by atoms with Crippen molar-refractivity contribution in [2.24, 2.45) is 10.6 Å². The first-order valence-electron chi connectivity index (χ1n) is 6.76. The Balaban J connectivity index is 1.95. The van der Waals surface area contributed by atoms with Crippen molar-refractivity contribution in [3.63, 3.8) is 0 Å². The fraction of sp³-hybridized carbons (Fsp3) is 0.500. The number of carbonyl (C=O) groups excluding carboxylic acids is 1. The van der Waals surface area contributed by atoms with Crippen molar-refractivity contribution in [1.29, 1.82) is 0 Å². The van der Waals surface area contributed by atoms with Gasteiger partial charge in [-0.05, 0) is 30.5 Å². The first kappa shape index (κ1) is 15.9. The summed E-state index contributed by atoms with van der Waals surface area (Å²) in [6, 6.07) is 6.16. The molecule has 0 unspecified atom stereocenters. The number of amides is 1. The standard InChI is InChI=1S/C14H20N2O4S/c1-20-10-14(7-2-8-14)13(17)16-9-11-3-5-12(6-4-11)21(15,18)19/h3-6H,2,7-10H2,1H3,(H,16,17)(H2,15,18,19). The summed E-state index contributed by atoms with van der Waals surface area (Å²) in [6.07, 6.45) is 2.73. The fourth-order valence-corrected chi connectivity index (χ4v) is 3.00. The van der Waals surface area contributed by atoms with E-state index in [4.69, 9.17) is 9.88 Å². The summed E-state index contributed by atoms with van der Waals surface area (Å²) in [5.74, 6) is -0.00822. The molecule has 0 saturated heterocycles. The van der Waals surface area contributed by atoms with Gasteiger partial charge in [0.1, 0.15) is 0 Å². The largest absolute Gasteiger partial charge is 0.384 e. The van der Waals surface area contributed by atoms with E-state index in [9.17, 15) is 13.2 Å². The monoisotopic (exact) mass is 312 g/mol. The summed E-state index contributed by atoms with van der Waals surface area (Å²) in [6.45, 7) is 0.790. The lowest BCUT2D eigenvalue weighted by molar-refractivity contribution is -0.140. The Morgan fingerprint density at radius 3 is 2.38 bits per heavy atom. The highest BCUT2D eigenvalue weighted by Gasteiger charge is 2.43. The average Bonchev–Trinajstić information content (AvgIpc) is 2.39. The van der Waals surface area contributed by atoms with E-state index in [-0.39, 0.29) is 10.8 Å². The van der Waals surface area contributed by atoms with Crippen LogP contribution in [-0.4, -0.2) is 28.0 Å². The van der Waals surface area contributed by atoms with Gasteiger partial charge in [-0.3, -0.25) is 4.79 Å². The van der Waals surface area contributed by atoms with Gasteiger partial charge in [0, 0.05) is 13.7 Å². The molecule has 1 amide bonds. The number of methoxy groups -OCH3 is 1. The zero-order valence-electron chi connectivity index (χ0n) is 12.0. The van der Waals surface area contributed by atoms with Gasteiger partial charge in [0.15, 0.2) is 0 Å². The molecule has 7 heteroatoms. The van der Waals surface area contributed by atoms with Crippen LogP contribution in [0.5, 0.6) is 0 Å². The zero-order chi connectivity index (χ0) is 15.5. The second-order valence-electron chi connectivity index (χ2n) is 5.44. The van der Waals surface area contributed by atoms with Gasteiger partial charge in [-0.25, -0.2) is 13.6 Å². The van der Waals surface area contributed by atoms with Crippen LogP contribution in [0.2, 0.25) is 0 Å². The maximum Gasteiger partial charge on any atom is 0.238 e. The number of hydrogen-bond donors (Lipinski definition) is 2. The summed E-state index contributed by atoms with van der Waals surface area (Å²) in [7, 11) is -2.08. The van der Waals surface area contributed by atoms with Crippen LogP contribution in [0.25, 0.3) is 0 Å². The summed E-state index contributed by atoms with van der Waals surface area (Å²) < 4.78 is 27.4. The Labute approximate surface area is 124 Å². The molecule has 6 nitrogen and oxygen atoms in total. The van der Waals surface area contributed by atoms with E-state index >= 15 is 0 Å². The van der Waals surface area contributed by atoms with Gasteiger partial charge in [-0.2, -0.15) is 0 Å². The van der Waals surface area contributed by atoms with Gasteiger partial charge in [0.05, 0.1) is 16.9 Å². The van der Waals surface area contributed by atoms with Crippen molar-refractivity contribution >= 4 is 15.9 Å². The number of ether oxygens (including phenoxy) is 1. The van der Waals surface area contributed by atoms with Gasteiger partial charge >= 0.3 is 0 Å². The Hall–Kier alpha value is -1.44. The second-order valence-corrected chi connectivity index (χ2v) is 7.00. The van der Waals surface area contributed by atoms with Crippen molar-refractivity contribution in [3.05, 3.63) is 29.8 Å². The number of nitrogens with one attached hydrogen (secondary N) is 1. The smallest absolute Gasteiger partial charge is 0.238 e. The molecule has 0 spiro atoms. The van der Waals surface area contributed by atoms with Crippen LogP contribution in [0.15, 0.2) is 29.2 Å². The van der Waals surface area contributed by atoms with E-state index in [1.807, 2.05) is 0 Å². The Morgan fingerprint density at radius 1 is 1.33 bits per heavy atom. The van der Waals surface area contributed by atoms with E-state index in [0.29, 0.717) is 13.2 Å². The molecule has 21 heavy (non-hydrogen) atoms. The van der Waals surface area contributed by atoms with Crippen LogP contribution in [0, 0.1) is 5.41 Å². The van der Waals surface area contributed by atoms with Crippen molar-refractivity contribution < 1.29 is 17.9 Å². The Morgan fingerprint density at radius 2 is 1.95 bits per heavy atom. The molecule has 116 valence electrons. The summed E-state index contributed by atoms with van der Waals surface area (Å²) in [5.41, 5.74) is 0.428. The molecule has 1 fully saturated rings. The van der Waals surface area contributed by atoms with Crippen LogP contribution < -0.4 is 10.5 Å². The first-order valence-corrected chi connectivity index (χ1v) is 8.31. The Kier molecular flexibility index (Phi) is 4.65. The van der Waals surface area contributed by atoms with E-state index < -0.39 is 15.4 Å². The molecule has 0 bridgehead atoms. The molecule has 1 aromatic carbocycles. The van der Waals surface area contributed by atoms with Crippen LogP contribution in [0.4, 0.5) is 0 Å². The lowest BCUT2D eigenvalue weighted by atomic mass is 9.68. The molecule has 1 aliphatic carbocycles. The maximum atomic E-state index is 12.2.